The quantitative estimate of drug-likeness (QED) is 0.787. The third-order valence-electron chi connectivity index (χ3n) is 3.19. The molecule has 21 heavy (non-hydrogen) atoms. The zero-order valence-electron chi connectivity index (χ0n) is 11.4. The molecule has 7 heteroatoms. The number of halogens is 2. The SMILES string of the molecule is Cc1nn(C)cc1-c1noc(N)c1-c1ccc(F)cc1F. The molecule has 108 valence electrons. The summed E-state index contributed by atoms with van der Waals surface area (Å²) >= 11 is 0. The van der Waals surface area contributed by atoms with Crippen molar-refractivity contribution in [1.29, 1.82) is 0 Å². The lowest BCUT2D eigenvalue weighted by Gasteiger charge is -2.03. The summed E-state index contributed by atoms with van der Waals surface area (Å²) in [5.41, 5.74) is 7.94. The van der Waals surface area contributed by atoms with Crippen molar-refractivity contribution in [2.24, 2.45) is 7.05 Å². The lowest BCUT2D eigenvalue weighted by atomic mass is 10.0. The molecule has 0 fully saturated rings. The zero-order chi connectivity index (χ0) is 15.1. The smallest absolute Gasteiger partial charge is 0.230 e. The van der Waals surface area contributed by atoms with E-state index in [9.17, 15) is 8.78 Å². The van der Waals surface area contributed by atoms with E-state index in [1.165, 1.54) is 6.07 Å². The first-order valence-corrected chi connectivity index (χ1v) is 6.18. The van der Waals surface area contributed by atoms with Gasteiger partial charge >= 0.3 is 0 Å². The van der Waals surface area contributed by atoms with Gasteiger partial charge < -0.3 is 10.3 Å². The van der Waals surface area contributed by atoms with Gasteiger partial charge in [0, 0.05) is 30.4 Å². The van der Waals surface area contributed by atoms with Crippen LogP contribution in [0.3, 0.4) is 0 Å². The maximum absolute atomic E-state index is 14.0. The molecule has 2 heterocycles. The van der Waals surface area contributed by atoms with Crippen LogP contribution in [0.15, 0.2) is 28.9 Å². The van der Waals surface area contributed by atoms with Gasteiger partial charge in [-0.1, -0.05) is 5.16 Å². The van der Waals surface area contributed by atoms with Crippen LogP contribution < -0.4 is 5.73 Å². The van der Waals surface area contributed by atoms with Crippen molar-refractivity contribution in [3.63, 3.8) is 0 Å². The van der Waals surface area contributed by atoms with Crippen molar-refractivity contribution in [2.75, 3.05) is 5.73 Å². The minimum atomic E-state index is -0.729. The van der Waals surface area contributed by atoms with Crippen LogP contribution in [-0.4, -0.2) is 14.9 Å². The third-order valence-corrected chi connectivity index (χ3v) is 3.19. The lowest BCUT2D eigenvalue weighted by molar-refractivity contribution is 0.439. The molecule has 3 aromatic rings. The van der Waals surface area contributed by atoms with Gasteiger partial charge in [0.1, 0.15) is 17.3 Å². The Morgan fingerprint density at radius 1 is 1.24 bits per heavy atom. The minimum Gasteiger partial charge on any atom is -0.367 e. The Labute approximate surface area is 119 Å². The van der Waals surface area contributed by atoms with Crippen LogP contribution in [0, 0.1) is 18.6 Å². The summed E-state index contributed by atoms with van der Waals surface area (Å²) in [4.78, 5) is 0. The Hall–Kier alpha value is -2.70. The highest BCUT2D eigenvalue weighted by atomic mass is 19.1. The van der Waals surface area contributed by atoms with Gasteiger partial charge in [-0.05, 0) is 19.1 Å². The lowest BCUT2D eigenvalue weighted by Crippen LogP contribution is -1.92. The maximum Gasteiger partial charge on any atom is 0.230 e. The van der Waals surface area contributed by atoms with Crippen molar-refractivity contribution in [3.05, 3.63) is 41.7 Å². The summed E-state index contributed by atoms with van der Waals surface area (Å²) in [6.07, 6.45) is 1.73. The van der Waals surface area contributed by atoms with Gasteiger partial charge in [0.25, 0.3) is 0 Å². The molecule has 0 unspecified atom stereocenters. The maximum atomic E-state index is 14.0. The second-order valence-corrected chi connectivity index (χ2v) is 4.70. The number of nitrogens with two attached hydrogens (primary N) is 1. The molecule has 0 radical (unpaired) electrons. The van der Waals surface area contributed by atoms with E-state index < -0.39 is 11.6 Å². The fourth-order valence-corrected chi connectivity index (χ4v) is 2.27. The monoisotopic (exact) mass is 290 g/mol. The molecule has 0 amide bonds. The second kappa shape index (κ2) is 4.69. The predicted molar refractivity (Wildman–Crippen MR) is 73.2 cm³/mol. The summed E-state index contributed by atoms with van der Waals surface area (Å²) in [5.74, 6) is -1.42. The van der Waals surface area contributed by atoms with Gasteiger partial charge in [-0.2, -0.15) is 5.10 Å². The van der Waals surface area contributed by atoms with Gasteiger partial charge in [-0.25, -0.2) is 8.78 Å². The molecular weight excluding hydrogens is 278 g/mol. The standard InChI is InChI=1S/C14H12F2N4O/c1-7-10(6-20(2)18-7)13-12(14(17)21-19-13)9-4-3-8(15)5-11(9)16/h3-6H,17H2,1-2H3. The fraction of sp³-hybridized carbons (Fsp3) is 0.143. The highest BCUT2D eigenvalue weighted by molar-refractivity contribution is 5.87. The molecule has 0 saturated heterocycles. The number of aromatic nitrogens is 3. The molecule has 0 bridgehead atoms. The summed E-state index contributed by atoms with van der Waals surface area (Å²) < 4.78 is 33.7. The Balaban J connectivity index is 2.24. The average Bonchev–Trinajstić information content (AvgIpc) is 2.93. The average molecular weight is 290 g/mol. The molecule has 1 aromatic carbocycles. The van der Waals surface area contributed by atoms with E-state index in [0.29, 0.717) is 22.5 Å². The number of hydrogen-bond acceptors (Lipinski definition) is 4. The van der Waals surface area contributed by atoms with Crippen molar-refractivity contribution in [3.8, 4) is 22.4 Å². The normalized spacial score (nSPS) is 11.0. The molecule has 0 aliphatic carbocycles. The van der Waals surface area contributed by atoms with Crippen molar-refractivity contribution >= 4 is 5.88 Å². The van der Waals surface area contributed by atoms with Gasteiger partial charge in [-0.3, -0.25) is 4.68 Å². The van der Waals surface area contributed by atoms with E-state index in [2.05, 4.69) is 10.3 Å². The number of benzene rings is 1. The number of nitrogen functional groups attached to an aromatic ring is 1. The largest absolute Gasteiger partial charge is 0.367 e. The highest BCUT2D eigenvalue weighted by Crippen LogP contribution is 2.38. The molecule has 3 rings (SSSR count). The topological polar surface area (TPSA) is 69.9 Å². The van der Waals surface area contributed by atoms with E-state index in [1.807, 2.05) is 0 Å². The summed E-state index contributed by atoms with van der Waals surface area (Å²) in [6.45, 7) is 1.80. The van der Waals surface area contributed by atoms with Crippen LogP contribution in [0.25, 0.3) is 22.4 Å². The summed E-state index contributed by atoms with van der Waals surface area (Å²) in [5, 5.41) is 8.09. The van der Waals surface area contributed by atoms with Crippen LogP contribution >= 0.6 is 0 Å². The molecule has 2 N–H and O–H groups in total. The van der Waals surface area contributed by atoms with E-state index >= 15 is 0 Å². The Morgan fingerprint density at radius 3 is 2.62 bits per heavy atom. The van der Waals surface area contributed by atoms with Crippen LogP contribution in [0.5, 0.6) is 0 Å². The van der Waals surface area contributed by atoms with Crippen molar-refractivity contribution < 1.29 is 13.3 Å². The number of hydrogen-bond donors (Lipinski definition) is 1. The van der Waals surface area contributed by atoms with E-state index in [-0.39, 0.29) is 11.4 Å². The predicted octanol–water partition coefficient (Wildman–Crippen LogP) is 2.91. The van der Waals surface area contributed by atoms with Crippen molar-refractivity contribution in [2.45, 2.75) is 6.92 Å². The zero-order valence-corrected chi connectivity index (χ0v) is 11.4. The summed E-state index contributed by atoms with van der Waals surface area (Å²) in [7, 11) is 1.76. The van der Waals surface area contributed by atoms with E-state index in [0.717, 1.165) is 12.1 Å². The Bertz CT molecular complexity index is 822. The van der Waals surface area contributed by atoms with Gasteiger partial charge in [0.2, 0.25) is 5.88 Å². The number of nitrogens with zero attached hydrogens (tertiary/aromatic N) is 3. The first kappa shape index (κ1) is 13.3. The number of aryl methyl sites for hydroxylation is 2. The number of anilines is 1. The van der Waals surface area contributed by atoms with E-state index in [4.69, 9.17) is 10.3 Å². The molecule has 0 saturated carbocycles. The molecule has 0 spiro atoms. The molecule has 0 atom stereocenters. The first-order valence-electron chi connectivity index (χ1n) is 6.18. The van der Waals surface area contributed by atoms with Crippen LogP contribution in [0.2, 0.25) is 0 Å². The van der Waals surface area contributed by atoms with Crippen molar-refractivity contribution in [1.82, 2.24) is 14.9 Å². The third kappa shape index (κ3) is 2.16. The molecule has 2 aromatic heterocycles. The van der Waals surface area contributed by atoms with Crippen LogP contribution in [0.4, 0.5) is 14.7 Å². The Morgan fingerprint density at radius 2 is 2.00 bits per heavy atom. The van der Waals surface area contributed by atoms with Crippen LogP contribution in [0.1, 0.15) is 5.69 Å². The number of rotatable bonds is 2. The van der Waals surface area contributed by atoms with Gasteiger partial charge in [0.05, 0.1) is 11.3 Å². The first-order chi connectivity index (χ1) is 9.97. The van der Waals surface area contributed by atoms with E-state index in [1.54, 1.807) is 24.9 Å². The summed E-state index contributed by atoms with van der Waals surface area (Å²) in [6, 6.07) is 3.26. The Kier molecular flexibility index (Phi) is 2.97. The fourth-order valence-electron chi connectivity index (χ4n) is 2.27. The minimum absolute atomic E-state index is 0.0289. The van der Waals surface area contributed by atoms with Gasteiger partial charge in [0.15, 0.2) is 0 Å². The molecule has 0 aliphatic rings. The van der Waals surface area contributed by atoms with Crippen LogP contribution in [-0.2, 0) is 7.05 Å². The van der Waals surface area contributed by atoms with Gasteiger partial charge in [-0.15, -0.1) is 0 Å². The molecular formula is C14H12F2N4O. The highest BCUT2D eigenvalue weighted by Gasteiger charge is 2.22. The molecule has 5 nitrogen and oxygen atoms in total. The second-order valence-electron chi connectivity index (χ2n) is 4.70. The molecule has 0 aliphatic heterocycles.